The Labute approximate surface area is 255 Å². The van der Waals surface area contributed by atoms with Crippen LogP contribution in [0.4, 0.5) is 0 Å². The van der Waals surface area contributed by atoms with Crippen molar-refractivity contribution in [3.63, 3.8) is 0 Å². The number of benzene rings is 5. The molecule has 0 N–H and O–H groups in total. The third-order valence-corrected chi connectivity index (χ3v) is 19.7. The Hall–Kier alpha value is -3.99. The van der Waals surface area contributed by atoms with Crippen LogP contribution in [0, 0.1) is 0 Å². The van der Waals surface area contributed by atoms with Crippen LogP contribution in [-0.2, 0) is 0 Å². The lowest BCUT2D eigenvalue weighted by atomic mass is 10.4. The van der Waals surface area contributed by atoms with Crippen molar-refractivity contribution >= 4 is 48.1 Å². The molecule has 1 unspecified atom stereocenters. The van der Waals surface area contributed by atoms with E-state index in [0.29, 0.717) is 0 Å². The molecule has 0 aromatic heterocycles. The van der Waals surface area contributed by atoms with Crippen molar-refractivity contribution < 1.29 is 0 Å². The molecule has 0 spiro atoms. The van der Waals surface area contributed by atoms with Gasteiger partial charge in [0.05, 0.1) is 0 Å². The normalized spacial score (nSPS) is 19.0. The van der Waals surface area contributed by atoms with Gasteiger partial charge in [-0.05, 0) is 6.92 Å². The van der Waals surface area contributed by atoms with E-state index in [1.54, 1.807) is 0 Å². The van der Waals surface area contributed by atoms with E-state index in [2.05, 4.69) is 170 Å². The van der Waals surface area contributed by atoms with Gasteiger partial charge in [0.2, 0.25) is 0 Å². The Balaban J connectivity index is 1.97. The highest BCUT2D eigenvalue weighted by atomic mass is 31.3. The first-order chi connectivity index (χ1) is 21.2. The van der Waals surface area contributed by atoms with Gasteiger partial charge < -0.3 is 0 Å². The maximum atomic E-state index is 6.08. The molecular formula is C37H34N3P3. The number of allylic oxidation sites excluding steroid dienone is 5. The first-order valence-electron chi connectivity index (χ1n) is 14.3. The standard InChI is InChI=1S/C37H34N3P3/c1-3-5-21-32(4-2)41(33-22-11-6-12-23-33)38-42(34-24-13-7-14-25-34,35-26-15-8-16-27-35)40-43(39-41,36-28-17-9-18-29-36)37-30-19-10-20-31-37/h3-31H,2H2,1H3/b5-3-,32-21+. The van der Waals surface area contributed by atoms with Crippen LogP contribution in [-0.4, -0.2) is 0 Å². The lowest BCUT2D eigenvalue weighted by Crippen LogP contribution is -2.22. The van der Waals surface area contributed by atoms with Crippen LogP contribution in [0.5, 0.6) is 0 Å². The van der Waals surface area contributed by atoms with Crippen LogP contribution in [0.2, 0.25) is 0 Å². The van der Waals surface area contributed by atoms with Crippen molar-refractivity contribution in [2.45, 2.75) is 6.92 Å². The van der Waals surface area contributed by atoms with E-state index < -0.39 is 21.6 Å². The second-order valence-corrected chi connectivity index (χ2v) is 18.9. The molecule has 1 atom stereocenters. The quantitative estimate of drug-likeness (QED) is 0.123. The predicted octanol–water partition coefficient (Wildman–Crippen LogP) is 9.62. The van der Waals surface area contributed by atoms with Gasteiger partial charge in [0, 0.05) is 31.8 Å². The van der Waals surface area contributed by atoms with E-state index in [1.807, 2.05) is 19.1 Å². The summed E-state index contributed by atoms with van der Waals surface area (Å²) in [5, 5.41) is 6.64. The van der Waals surface area contributed by atoms with Crippen LogP contribution < -0.4 is 26.5 Å². The molecule has 0 aliphatic carbocycles. The maximum Gasteiger partial charge on any atom is 0.138 e. The number of nitrogens with zero attached hydrogens (tertiary/aromatic N) is 3. The molecule has 0 fully saturated rings. The molecule has 0 saturated carbocycles. The number of hydrogen-bond acceptors (Lipinski definition) is 3. The van der Waals surface area contributed by atoms with Crippen LogP contribution in [0.15, 0.2) is 201 Å². The smallest absolute Gasteiger partial charge is 0.138 e. The zero-order chi connectivity index (χ0) is 29.6. The molecular weight excluding hydrogens is 579 g/mol. The van der Waals surface area contributed by atoms with Crippen molar-refractivity contribution in [3.05, 3.63) is 188 Å². The van der Waals surface area contributed by atoms with Crippen molar-refractivity contribution in [2.75, 3.05) is 0 Å². The molecule has 5 aromatic carbocycles. The fourth-order valence-electron chi connectivity index (χ4n) is 5.36. The predicted molar refractivity (Wildman–Crippen MR) is 192 cm³/mol. The molecule has 1 aliphatic rings. The minimum atomic E-state index is -2.84. The van der Waals surface area contributed by atoms with E-state index in [4.69, 9.17) is 13.5 Å². The van der Waals surface area contributed by atoms with Crippen LogP contribution in [0.3, 0.4) is 0 Å². The maximum absolute atomic E-state index is 6.08. The molecule has 0 bridgehead atoms. The summed E-state index contributed by atoms with van der Waals surface area (Å²) in [5.41, 5.74) is 0. The first kappa shape index (κ1) is 29.1. The zero-order valence-corrected chi connectivity index (χ0v) is 26.8. The summed E-state index contributed by atoms with van der Waals surface area (Å²) in [6.45, 7) is 6.38. The van der Waals surface area contributed by atoms with Gasteiger partial charge >= 0.3 is 0 Å². The second-order valence-electron chi connectivity index (χ2n) is 10.1. The number of rotatable bonds is 8. The van der Waals surface area contributed by atoms with E-state index in [9.17, 15) is 0 Å². The Kier molecular flexibility index (Phi) is 8.60. The molecule has 0 amide bonds. The van der Waals surface area contributed by atoms with Crippen LogP contribution in [0.1, 0.15) is 6.92 Å². The lowest BCUT2D eigenvalue weighted by Gasteiger charge is -2.38. The summed E-state index contributed by atoms with van der Waals surface area (Å²) in [7, 11) is -8.42. The topological polar surface area (TPSA) is 37.1 Å². The SMILES string of the molecule is C=C/C(=C\C=C/C)P1(c2ccccc2)=NP(c2ccccc2)(c2ccccc2)=NP(c2ccccc2)(c2ccccc2)=N1. The molecule has 3 nitrogen and oxygen atoms in total. The summed E-state index contributed by atoms with van der Waals surface area (Å²) in [6.07, 6.45) is 8.25. The van der Waals surface area contributed by atoms with Crippen molar-refractivity contribution in [1.82, 2.24) is 0 Å². The van der Waals surface area contributed by atoms with Gasteiger partial charge in [-0.1, -0.05) is 183 Å². The molecule has 5 aromatic rings. The Morgan fingerprint density at radius 1 is 0.488 bits per heavy atom. The van der Waals surface area contributed by atoms with Gasteiger partial charge in [0.25, 0.3) is 0 Å². The zero-order valence-electron chi connectivity index (χ0n) is 24.1. The molecule has 0 saturated heterocycles. The monoisotopic (exact) mass is 613 g/mol. The van der Waals surface area contributed by atoms with E-state index >= 15 is 0 Å². The molecule has 0 radical (unpaired) electrons. The fourth-order valence-corrected chi connectivity index (χ4v) is 20.6. The fraction of sp³-hybridized carbons (Fsp3) is 0.0270. The summed E-state index contributed by atoms with van der Waals surface area (Å²) < 4.78 is 18.2. The van der Waals surface area contributed by atoms with Gasteiger partial charge in [0.15, 0.2) is 0 Å². The highest BCUT2D eigenvalue weighted by Crippen LogP contribution is 2.79. The Morgan fingerprint density at radius 3 is 1.19 bits per heavy atom. The molecule has 6 heteroatoms. The minimum absolute atomic E-state index is 1.03. The Morgan fingerprint density at radius 2 is 0.837 bits per heavy atom. The lowest BCUT2D eigenvalue weighted by molar-refractivity contribution is 1.60. The highest BCUT2D eigenvalue weighted by Gasteiger charge is 2.42. The summed E-state index contributed by atoms with van der Waals surface area (Å²) in [4.78, 5) is 0. The summed E-state index contributed by atoms with van der Waals surface area (Å²) in [5.74, 6) is 0. The summed E-state index contributed by atoms with van der Waals surface area (Å²) >= 11 is 0. The van der Waals surface area contributed by atoms with E-state index in [0.717, 1.165) is 31.8 Å². The van der Waals surface area contributed by atoms with E-state index in [1.165, 1.54) is 0 Å². The summed E-state index contributed by atoms with van der Waals surface area (Å²) in [6, 6.07) is 53.4. The second kappa shape index (κ2) is 12.7. The average molecular weight is 614 g/mol. The van der Waals surface area contributed by atoms with Crippen molar-refractivity contribution in [3.8, 4) is 0 Å². The van der Waals surface area contributed by atoms with Gasteiger partial charge in [-0.15, -0.1) is 0 Å². The largest absolute Gasteiger partial charge is 0.223 e. The minimum Gasteiger partial charge on any atom is -0.223 e. The van der Waals surface area contributed by atoms with Crippen molar-refractivity contribution in [2.24, 2.45) is 13.5 Å². The average Bonchev–Trinajstić information content (AvgIpc) is 3.10. The van der Waals surface area contributed by atoms with Crippen LogP contribution in [0.25, 0.3) is 0 Å². The van der Waals surface area contributed by atoms with Gasteiger partial charge in [-0.3, -0.25) is 0 Å². The molecule has 1 aliphatic heterocycles. The van der Waals surface area contributed by atoms with Gasteiger partial charge in [-0.25, -0.2) is 13.5 Å². The van der Waals surface area contributed by atoms with E-state index in [-0.39, 0.29) is 0 Å². The van der Waals surface area contributed by atoms with Gasteiger partial charge in [0.1, 0.15) is 21.6 Å². The number of hydrogen-bond donors (Lipinski definition) is 0. The van der Waals surface area contributed by atoms with Crippen molar-refractivity contribution in [1.29, 1.82) is 0 Å². The Bertz CT molecular complexity index is 1780. The van der Waals surface area contributed by atoms with Gasteiger partial charge in [-0.2, -0.15) is 0 Å². The third kappa shape index (κ3) is 5.35. The van der Waals surface area contributed by atoms with Crippen LogP contribution >= 0.6 is 21.6 Å². The molecule has 1 heterocycles. The molecule has 212 valence electrons. The molecule has 43 heavy (non-hydrogen) atoms. The first-order valence-corrected chi connectivity index (χ1v) is 19.4. The highest BCUT2D eigenvalue weighted by molar-refractivity contribution is 7.99. The third-order valence-electron chi connectivity index (χ3n) is 7.39. The molecule has 6 rings (SSSR count).